The zero-order chi connectivity index (χ0) is 9.97. The summed E-state index contributed by atoms with van der Waals surface area (Å²) in [6.07, 6.45) is 3.64. The van der Waals surface area contributed by atoms with Crippen LogP contribution in [0.25, 0.3) is 6.08 Å². The number of hydrogen-bond acceptors (Lipinski definition) is 3. The molecule has 1 aliphatic rings. The van der Waals surface area contributed by atoms with Crippen LogP contribution in [0.15, 0.2) is 18.2 Å². The first-order chi connectivity index (χ1) is 6.81. The van der Waals surface area contributed by atoms with Crippen molar-refractivity contribution >= 4 is 6.08 Å². The van der Waals surface area contributed by atoms with Gasteiger partial charge in [0.25, 0.3) is 0 Å². The molecular formula is C11H13NO2. The molecule has 3 nitrogen and oxygen atoms in total. The number of phenolic OH excluding ortho intramolecular Hbond substituents is 1. The monoisotopic (exact) mass is 191 g/mol. The number of rotatable bonds is 2. The Labute approximate surface area is 82.8 Å². The Kier molecular flexibility index (Phi) is 2.52. The van der Waals surface area contributed by atoms with Gasteiger partial charge in [0.15, 0.2) is 0 Å². The second-order valence-corrected chi connectivity index (χ2v) is 3.31. The third-order valence-corrected chi connectivity index (χ3v) is 2.30. The molecule has 0 radical (unpaired) electrons. The van der Waals surface area contributed by atoms with Crippen LogP contribution in [0.3, 0.4) is 0 Å². The average molecular weight is 191 g/mol. The molecule has 14 heavy (non-hydrogen) atoms. The van der Waals surface area contributed by atoms with Crippen molar-refractivity contribution in [3.8, 4) is 5.75 Å². The standard InChI is InChI=1S/C11H13NO2/c12-3-1-2-8-4-9-6-14-7-10(9)5-11(8)13/h1-2,4-5,13H,3,6-7,12H2/b2-1+. The summed E-state index contributed by atoms with van der Waals surface area (Å²) in [5, 5.41) is 9.65. The van der Waals surface area contributed by atoms with Gasteiger partial charge in [0.05, 0.1) is 13.2 Å². The molecule has 0 amide bonds. The number of nitrogens with two attached hydrogens (primary N) is 1. The molecule has 1 aliphatic heterocycles. The third kappa shape index (κ3) is 1.64. The number of aromatic hydroxyl groups is 1. The van der Waals surface area contributed by atoms with E-state index in [2.05, 4.69) is 0 Å². The Hall–Kier alpha value is -1.32. The van der Waals surface area contributed by atoms with Crippen LogP contribution in [0, 0.1) is 0 Å². The lowest BCUT2D eigenvalue weighted by Crippen LogP contribution is -1.92. The first kappa shape index (κ1) is 9.24. The predicted molar refractivity (Wildman–Crippen MR) is 54.7 cm³/mol. The van der Waals surface area contributed by atoms with E-state index in [1.165, 1.54) is 0 Å². The van der Waals surface area contributed by atoms with Crippen molar-refractivity contribution in [2.45, 2.75) is 13.2 Å². The molecule has 0 saturated heterocycles. The summed E-state index contributed by atoms with van der Waals surface area (Å²) in [5.74, 6) is 0.291. The van der Waals surface area contributed by atoms with E-state index in [0.717, 1.165) is 16.7 Å². The molecule has 2 rings (SSSR count). The van der Waals surface area contributed by atoms with Crippen LogP contribution in [0.5, 0.6) is 5.75 Å². The third-order valence-electron chi connectivity index (χ3n) is 2.30. The van der Waals surface area contributed by atoms with Crippen LogP contribution >= 0.6 is 0 Å². The maximum Gasteiger partial charge on any atom is 0.123 e. The summed E-state index contributed by atoms with van der Waals surface area (Å²) >= 11 is 0. The molecule has 0 aromatic heterocycles. The molecule has 0 saturated carbocycles. The topological polar surface area (TPSA) is 55.5 Å². The highest BCUT2D eigenvalue weighted by Gasteiger charge is 2.13. The smallest absolute Gasteiger partial charge is 0.123 e. The fourth-order valence-electron chi connectivity index (χ4n) is 1.56. The Balaban J connectivity index is 2.37. The molecule has 0 bridgehead atoms. The quantitative estimate of drug-likeness (QED) is 0.742. The lowest BCUT2D eigenvalue weighted by atomic mass is 10.0. The molecule has 0 unspecified atom stereocenters. The van der Waals surface area contributed by atoms with Gasteiger partial charge in [-0.2, -0.15) is 0 Å². The Morgan fingerprint density at radius 3 is 2.79 bits per heavy atom. The summed E-state index contributed by atoms with van der Waals surface area (Å²) in [7, 11) is 0. The highest BCUT2D eigenvalue weighted by Crippen LogP contribution is 2.28. The first-order valence-electron chi connectivity index (χ1n) is 4.60. The molecule has 0 spiro atoms. The van der Waals surface area contributed by atoms with E-state index >= 15 is 0 Å². The van der Waals surface area contributed by atoms with Crippen LogP contribution in [-0.4, -0.2) is 11.7 Å². The molecule has 0 fully saturated rings. The summed E-state index contributed by atoms with van der Waals surface area (Å²) in [6, 6.07) is 3.71. The van der Waals surface area contributed by atoms with Crippen LogP contribution in [0.4, 0.5) is 0 Å². The van der Waals surface area contributed by atoms with Crippen LogP contribution < -0.4 is 5.73 Å². The van der Waals surface area contributed by atoms with Crippen molar-refractivity contribution in [1.29, 1.82) is 0 Å². The van der Waals surface area contributed by atoms with Crippen molar-refractivity contribution in [3.05, 3.63) is 34.9 Å². The Bertz CT molecular complexity index is 372. The van der Waals surface area contributed by atoms with E-state index in [-0.39, 0.29) is 0 Å². The molecule has 74 valence electrons. The first-order valence-corrected chi connectivity index (χ1v) is 4.60. The van der Waals surface area contributed by atoms with Crippen LogP contribution in [-0.2, 0) is 18.0 Å². The number of fused-ring (bicyclic) bond motifs is 1. The van der Waals surface area contributed by atoms with Gasteiger partial charge >= 0.3 is 0 Å². The van der Waals surface area contributed by atoms with E-state index in [4.69, 9.17) is 10.5 Å². The largest absolute Gasteiger partial charge is 0.507 e. The molecular weight excluding hydrogens is 178 g/mol. The van der Waals surface area contributed by atoms with Gasteiger partial charge in [-0.15, -0.1) is 0 Å². The predicted octanol–water partition coefficient (Wildman–Crippen LogP) is 1.39. The van der Waals surface area contributed by atoms with Crippen molar-refractivity contribution in [1.82, 2.24) is 0 Å². The van der Waals surface area contributed by atoms with Crippen LogP contribution in [0.2, 0.25) is 0 Å². The van der Waals surface area contributed by atoms with Gasteiger partial charge in [0.2, 0.25) is 0 Å². The van der Waals surface area contributed by atoms with E-state index in [0.29, 0.717) is 25.5 Å². The van der Waals surface area contributed by atoms with Gasteiger partial charge in [-0.25, -0.2) is 0 Å². The van der Waals surface area contributed by atoms with Crippen molar-refractivity contribution in [2.75, 3.05) is 6.54 Å². The molecule has 0 aliphatic carbocycles. The second-order valence-electron chi connectivity index (χ2n) is 3.31. The van der Waals surface area contributed by atoms with Gasteiger partial charge in [-0.1, -0.05) is 12.2 Å². The van der Waals surface area contributed by atoms with Gasteiger partial charge < -0.3 is 15.6 Å². The molecule has 0 atom stereocenters. The molecule has 1 aromatic rings. The number of ether oxygens (including phenoxy) is 1. The minimum Gasteiger partial charge on any atom is -0.507 e. The minimum absolute atomic E-state index is 0.291. The fourth-order valence-corrected chi connectivity index (χ4v) is 1.56. The normalized spacial score (nSPS) is 14.9. The Morgan fingerprint density at radius 1 is 1.36 bits per heavy atom. The lowest BCUT2D eigenvalue weighted by molar-refractivity contribution is 0.134. The van der Waals surface area contributed by atoms with Crippen molar-refractivity contribution < 1.29 is 9.84 Å². The van der Waals surface area contributed by atoms with Gasteiger partial charge in [0.1, 0.15) is 5.75 Å². The van der Waals surface area contributed by atoms with E-state index in [1.54, 1.807) is 6.07 Å². The van der Waals surface area contributed by atoms with E-state index in [9.17, 15) is 5.11 Å². The summed E-state index contributed by atoms with van der Waals surface area (Å²) in [5.41, 5.74) is 8.38. The number of phenols is 1. The molecule has 3 N–H and O–H groups in total. The minimum atomic E-state index is 0.291. The average Bonchev–Trinajstić information content (AvgIpc) is 2.61. The van der Waals surface area contributed by atoms with Crippen molar-refractivity contribution in [2.24, 2.45) is 5.73 Å². The second kappa shape index (κ2) is 3.82. The Morgan fingerprint density at radius 2 is 2.07 bits per heavy atom. The van der Waals surface area contributed by atoms with Crippen LogP contribution in [0.1, 0.15) is 16.7 Å². The SMILES string of the molecule is NC/C=C/c1cc2c(cc1O)COC2. The maximum absolute atomic E-state index is 9.65. The van der Waals surface area contributed by atoms with Crippen molar-refractivity contribution in [3.63, 3.8) is 0 Å². The molecule has 3 heteroatoms. The van der Waals surface area contributed by atoms with Gasteiger partial charge in [-0.3, -0.25) is 0 Å². The zero-order valence-electron chi connectivity index (χ0n) is 7.86. The molecule has 1 aromatic carbocycles. The summed E-state index contributed by atoms with van der Waals surface area (Å²) in [4.78, 5) is 0. The summed E-state index contributed by atoms with van der Waals surface area (Å²) in [6.45, 7) is 1.72. The summed E-state index contributed by atoms with van der Waals surface area (Å²) < 4.78 is 5.27. The van der Waals surface area contributed by atoms with Gasteiger partial charge in [-0.05, 0) is 23.3 Å². The molecule has 1 heterocycles. The van der Waals surface area contributed by atoms with Gasteiger partial charge in [0, 0.05) is 12.1 Å². The number of hydrogen-bond donors (Lipinski definition) is 2. The maximum atomic E-state index is 9.65. The highest BCUT2D eigenvalue weighted by atomic mass is 16.5. The van der Waals surface area contributed by atoms with E-state index < -0.39 is 0 Å². The zero-order valence-corrected chi connectivity index (χ0v) is 7.86. The fraction of sp³-hybridized carbons (Fsp3) is 0.273. The van der Waals surface area contributed by atoms with E-state index in [1.807, 2.05) is 18.2 Å². The number of benzene rings is 1. The highest BCUT2D eigenvalue weighted by molar-refractivity contribution is 5.59. The lowest BCUT2D eigenvalue weighted by Gasteiger charge is -2.02.